The zero-order valence-corrected chi connectivity index (χ0v) is 21.4. The maximum atomic E-state index is 13.2. The van der Waals surface area contributed by atoms with E-state index in [1.54, 1.807) is 62.6 Å². The van der Waals surface area contributed by atoms with Crippen molar-refractivity contribution in [2.24, 2.45) is 0 Å². The normalized spacial score (nSPS) is 11.4. The number of aryl methyl sites for hydroxylation is 1. The molecule has 176 valence electrons. The van der Waals surface area contributed by atoms with E-state index in [-0.39, 0.29) is 10.8 Å². The molecular formula is C25H23ClN2O4S2. The SMILES string of the molecule is COc1ccc(S(=O)(=O)N(C)c2ccc3sc(C(=O)Nc4cccc(Cl)c4C)cc3c2)cc1C. The third-order valence-corrected chi connectivity index (χ3v) is 8.93. The first-order valence-electron chi connectivity index (χ1n) is 10.4. The summed E-state index contributed by atoms with van der Waals surface area (Å²) in [5.41, 5.74) is 2.67. The quantitative estimate of drug-likeness (QED) is 0.329. The second-order valence-electron chi connectivity index (χ2n) is 7.80. The van der Waals surface area contributed by atoms with Crippen molar-refractivity contribution in [3.63, 3.8) is 0 Å². The molecular weight excluding hydrogens is 492 g/mol. The van der Waals surface area contributed by atoms with Gasteiger partial charge in [-0.25, -0.2) is 8.42 Å². The van der Waals surface area contributed by atoms with Crippen molar-refractivity contribution < 1.29 is 17.9 Å². The van der Waals surface area contributed by atoms with Crippen LogP contribution >= 0.6 is 22.9 Å². The van der Waals surface area contributed by atoms with E-state index < -0.39 is 10.0 Å². The number of carbonyl (C=O) groups excluding carboxylic acids is 1. The Morgan fingerprint density at radius 3 is 2.53 bits per heavy atom. The Hall–Kier alpha value is -3.07. The van der Waals surface area contributed by atoms with Gasteiger partial charge in [-0.3, -0.25) is 9.10 Å². The van der Waals surface area contributed by atoms with Crippen molar-refractivity contribution in [3.8, 4) is 5.75 Å². The minimum atomic E-state index is -3.78. The molecule has 0 radical (unpaired) electrons. The number of anilines is 2. The average molecular weight is 515 g/mol. The minimum Gasteiger partial charge on any atom is -0.496 e. The molecule has 0 spiro atoms. The fourth-order valence-corrected chi connectivity index (χ4v) is 5.96. The summed E-state index contributed by atoms with van der Waals surface area (Å²) in [7, 11) is -0.721. The molecule has 0 aliphatic heterocycles. The van der Waals surface area contributed by atoms with Crippen LogP contribution in [0.4, 0.5) is 11.4 Å². The van der Waals surface area contributed by atoms with Crippen LogP contribution in [0.25, 0.3) is 10.1 Å². The molecule has 1 amide bonds. The van der Waals surface area contributed by atoms with Gasteiger partial charge in [0.25, 0.3) is 15.9 Å². The highest BCUT2D eigenvalue weighted by molar-refractivity contribution is 7.92. The third kappa shape index (κ3) is 4.49. The van der Waals surface area contributed by atoms with Crippen molar-refractivity contribution in [2.75, 3.05) is 23.8 Å². The number of rotatable bonds is 6. The first kappa shape index (κ1) is 24.1. The van der Waals surface area contributed by atoms with E-state index in [0.717, 1.165) is 21.2 Å². The second kappa shape index (κ2) is 9.29. The van der Waals surface area contributed by atoms with E-state index in [9.17, 15) is 13.2 Å². The number of hydrogen-bond acceptors (Lipinski definition) is 5. The predicted octanol–water partition coefficient (Wildman–Crippen LogP) is 6.26. The molecule has 0 atom stereocenters. The average Bonchev–Trinajstić information content (AvgIpc) is 3.25. The van der Waals surface area contributed by atoms with Gasteiger partial charge in [0.2, 0.25) is 0 Å². The molecule has 3 aromatic carbocycles. The molecule has 1 N–H and O–H groups in total. The third-order valence-electron chi connectivity index (χ3n) is 5.63. The number of thiophene rings is 1. The second-order valence-corrected chi connectivity index (χ2v) is 11.3. The Balaban J connectivity index is 1.62. The van der Waals surface area contributed by atoms with Gasteiger partial charge < -0.3 is 10.1 Å². The Morgan fingerprint density at radius 2 is 1.82 bits per heavy atom. The summed E-state index contributed by atoms with van der Waals surface area (Å²) in [4.78, 5) is 13.5. The molecule has 0 saturated carbocycles. The van der Waals surface area contributed by atoms with E-state index in [0.29, 0.717) is 27.0 Å². The van der Waals surface area contributed by atoms with Gasteiger partial charge in [0.1, 0.15) is 5.75 Å². The molecule has 4 aromatic rings. The van der Waals surface area contributed by atoms with Gasteiger partial charge >= 0.3 is 0 Å². The number of ether oxygens (including phenoxy) is 1. The van der Waals surface area contributed by atoms with Crippen molar-refractivity contribution in [1.82, 2.24) is 0 Å². The van der Waals surface area contributed by atoms with E-state index in [1.165, 1.54) is 28.8 Å². The largest absolute Gasteiger partial charge is 0.496 e. The summed E-state index contributed by atoms with van der Waals surface area (Å²) < 4.78 is 33.8. The van der Waals surface area contributed by atoms with E-state index in [2.05, 4.69) is 5.32 Å². The number of hydrogen-bond donors (Lipinski definition) is 1. The van der Waals surface area contributed by atoms with Gasteiger partial charge in [-0.15, -0.1) is 11.3 Å². The van der Waals surface area contributed by atoms with Gasteiger partial charge in [0.15, 0.2) is 0 Å². The number of nitrogens with one attached hydrogen (secondary N) is 1. The topological polar surface area (TPSA) is 75.7 Å². The van der Waals surface area contributed by atoms with E-state index in [4.69, 9.17) is 16.3 Å². The molecule has 9 heteroatoms. The van der Waals surface area contributed by atoms with Crippen LogP contribution in [-0.4, -0.2) is 28.5 Å². The highest BCUT2D eigenvalue weighted by Crippen LogP contribution is 2.33. The maximum Gasteiger partial charge on any atom is 0.265 e. The summed E-state index contributed by atoms with van der Waals surface area (Å²) in [6.45, 7) is 3.64. The molecule has 0 aliphatic rings. The van der Waals surface area contributed by atoms with Crippen molar-refractivity contribution in [3.05, 3.63) is 81.7 Å². The van der Waals surface area contributed by atoms with Gasteiger partial charge in [-0.1, -0.05) is 17.7 Å². The van der Waals surface area contributed by atoms with Crippen molar-refractivity contribution in [2.45, 2.75) is 18.7 Å². The number of methoxy groups -OCH3 is 1. The number of fused-ring (bicyclic) bond motifs is 1. The Labute approximate surface area is 207 Å². The molecule has 0 bridgehead atoms. The highest BCUT2D eigenvalue weighted by atomic mass is 35.5. The fourth-order valence-electron chi connectivity index (χ4n) is 3.57. The van der Waals surface area contributed by atoms with Gasteiger partial charge in [-0.2, -0.15) is 0 Å². The molecule has 0 unspecified atom stereocenters. The molecule has 1 aromatic heterocycles. The van der Waals surface area contributed by atoms with Gasteiger partial charge in [0, 0.05) is 22.5 Å². The zero-order valence-electron chi connectivity index (χ0n) is 19.0. The summed E-state index contributed by atoms with van der Waals surface area (Å²) >= 11 is 7.49. The lowest BCUT2D eigenvalue weighted by atomic mass is 10.2. The molecule has 0 saturated heterocycles. The summed E-state index contributed by atoms with van der Waals surface area (Å²) in [6.07, 6.45) is 0. The van der Waals surface area contributed by atoms with Crippen LogP contribution in [0.1, 0.15) is 20.8 Å². The number of sulfonamides is 1. The number of nitrogens with zero attached hydrogens (tertiary/aromatic N) is 1. The first-order valence-corrected chi connectivity index (χ1v) is 13.0. The van der Waals surface area contributed by atoms with Crippen molar-refractivity contribution in [1.29, 1.82) is 0 Å². The summed E-state index contributed by atoms with van der Waals surface area (Å²) in [6, 6.07) is 17.2. The van der Waals surface area contributed by atoms with E-state index in [1.807, 2.05) is 13.0 Å². The van der Waals surface area contributed by atoms with Crippen LogP contribution in [0.2, 0.25) is 5.02 Å². The van der Waals surface area contributed by atoms with Crippen LogP contribution < -0.4 is 14.4 Å². The zero-order chi connectivity index (χ0) is 24.6. The van der Waals surface area contributed by atoms with Gasteiger partial charge in [0.05, 0.1) is 22.6 Å². The summed E-state index contributed by atoms with van der Waals surface area (Å²) in [5, 5.41) is 4.26. The number of amides is 1. The van der Waals surface area contributed by atoms with Crippen LogP contribution in [0.15, 0.2) is 65.6 Å². The lowest BCUT2D eigenvalue weighted by Gasteiger charge is -2.20. The van der Waals surface area contributed by atoms with Gasteiger partial charge in [-0.05, 0) is 85.0 Å². The first-order chi connectivity index (χ1) is 16.1. The van der Waals surface area contributed by atoms with Crippen LogP contribution in [0, 0.1) is 13.8 Å². The molecule has 34 heavy (non-hydrogen) atoms. The standard InChI is InChI=1S/C25H23ClN2O4S2/c1-15-12-19(9-10-22(15)32-4)34(30,31)28(3)18-8-11-23-17(13-18)14-24(33-23)25(29)27-21-7-5-6-20(26)16(21)2/h5-14H,1-4H3,(H,27,29). The van der Waals surface area contributed by atoms with Crippen LogP contribution in [-0.2, 0) is 10.0 Å². The lowest BCUT2D eigenvalue weighted by Crippen LogP contribution is -2.26. The molecule has 0 aliphatic carbocycles. The predicted molar refractivity (Wildman–Crippen MR) is 139 cm³/mol. The monoisotopic (exact) mass is 514 g/mol. The number of carbonyl (C=O) groups is 1. The molecule has 1 heterocycles. The lowest BCUT2D eigenvalue weighted by molar-refractivity contribution is 0.103. The van der Waals surface area contributed by atoms with Crippen molar-refractivity contribution >= 4 is 60.3 Å². The number of benzene rings is 3. The van der Waals surface area contributed by atoms with Crippen LogP contribution in [0.3, 0.4) is 0 Å². The molecule has 4 rings (SSSR count). The smallest absolute Gasteiger partial charge is 0.265 e. The van der Waals surface area contributed by atoms with Crippen LogP contribution in [0.5, 0.6) is 5.75 Å². The summed E-state index contributed by atoms with van der Waals surface area (Å²) in [5.74, 6) is 0.378. The highest BCUT2D eigenvalue weighted by Gasteiger charge is 2.23. The minimum absolute atomic E-state index is 0.177. The Morgan fingerprint density at radius 1 is 1.06 bits per heavy atom. The van der Waals surface area contributed by atoms with E-state index >= 15 is 0 Å². The Kier molecular flexibility index (Phi) is 6.58. The Bertz CT molecular complexity index is 1510. The molecule has 0 fully saturated rings. The number of halogens is 1. The fraction of sp³-hybridized carbons (Fsp3) is 0.160. The maximum absolute atomic E-state index is 13.2. The molecule has 6 nitrogen and oxygen atoms in total.